The third-order valence-corrected chi connectivity index (χ3v) is 6.43. The molecule has 3 rings (SSSR count). The molecule has 0 N–H and O–H groups in total. The first-order valence-electron chi connectivity index (χ1n) is 8.86. The molecule has 2 aliphatic heterocycles. The van der Waals surface area contributed by atoms with E-state index < -0.39 is 0 Å². The third-order valence-electron chi connectivity index (χ3n) is 6.43. The van der Waals surface area contributed by atoms with Gasteiger partial charge < -0.3 is 9.80 Å². The SMILES string of the molecule is CCN1CCN(C2CCC3(CC2)CCN(C)CC3)CC1. The maximum absolute atomic E-state index is 2.80. The van der Waals surface area contributed by atoms with E-state index in [0.29, 0.717) is 0 Å². The molecule has 116 valence electrons. The normalized spacial score (nSPS) is 30.9. The summed E-state index contributed by atoms with van der Waals surface area (Å²) in [5, 5.41) is 0. The van der Waals surface area contributed by atoms with Crippen molar-refractivity contribution in [2.24, 2.45) is 5.41 Å². The first-order valence-corrected chi connectivity index (χ1v) is 8.86. The molecule has 1 aliphatic carbocycles. The molecule has 0 atom stereocenters. The molecular formula is C17H33N3. The van der Waals surface area contributed by atoms with Crippen molar-refractivity contribution < 1.29 is 0 Å². The summed E-state index contributed by atoms with van der Waals surface area (Å²) in [6.07, 6.45) is 8.85. The summed E-state index contributed by atoms with van der Waals surface area (Å²) in [4.78, 5) is 7.91. The van der Waals surface area contributed by atoms with Crippen LogP contribution in [-0.4, -0.2) is 73.6 Å². The Hall–Kier alpha value is -0.120. The van der Waals surface area contributed by atoms with Gasteiger partial charge in [-0.2, -0.15) is 0 Å². The largest absolute Gasteiger partial charge is 0.306 e. The lowest BCUT2D eigenvalue weighted by Crippen LogP contribution is -2.52. The fourth-order valence-corrected chi connectivity index (χ4v) is 4.62. The average Bonchev–Trinajstić information content (AvgIpc) is 2.52. The van der Waals surface area contributed by atoms with Crippen molar-refractivity contribution in [1.29, 1.82) is 0 Å². The molecule has 20 heavy (non-hydrogen) atoms. The van der Waals surface area contributed by atoms with Crippen LogP contribution in [0.15, 0.2) is 0 Å². The predicted octanol–water partition coefficient (Wildman–Crippen LogP) is 2.28. The number of rotatable bonds is 2. The van der Waals surface area contributed by atoms with E-state index in [0.717, 1.165) is 11.5 Å². The molecule has 3 fully saturated rings. The van der Waals surface area contributed by atoms with Gasteiger partial charge in [0.25, 0.3) is 0 Å². The van der Waals surface area contributed by atoms with Gasteiger partial charge in [0, 0.05) is 32.2 Å². The van der Waals surface area contributed by atoms with Crippen molar-refractivity contribution in [2.45, 2.75) is 51.5 Å². The monoisotopic (exact) mass is 279 g/mol. The molecule has 0 radical (unpaired) electrons. The van der Waals surface area contributed by atoms with E-state index in [9.17, 15) is 0 Å². The van der Waals surface area contributed by atoms with Crippen molar-refractivity contribution in [1.82, 2.24) is 14.7 Å². The van der Waals surface area contributed by atoms with Crippen molar-refractivity contribution in [3.8, 4) is 0 Å². The highest BCUT2D eigenvalue weighted by atomic mass is 15.3. The van der Waals surface area contributed by atoms with Crippen LogP contribution in [-0.2, 0) is 0 Å². The summed E-state index contributed by atoms with van der Waals surface area (Å²) in [7, 11) is 2.28. The highest BCUT2D eigenvalue weighted by molar-refractivity contribution is 4.93. The zero-order valence-corrected chi connectivity index (χ0v) is 13.6. The van der Waals surface area contributed by atoms with Crippen molar-refractivity contribution >= 4 is 0 Å². The van der Waals surface area contributed by atoms with Crippen LogP contribution >= 0.6 is 0 Å². The van der Waals surface area contributed by atoms with E-state index in [4.69, 9.17) is 0 Å². The molecule has 3 nitrogen and oxygen atoms in total. The van der Waals surface area contributed by atoms with Gasteiger partial charge in [-0.3, -0.25) is 4.90 Å². The van der Waals surface area contributed by atoms with Crippen molar-refractivity contribution in [2.75, 3.05) is 52.9 Å². The topological polar surface area (TPSA) is 9.72 Å². The minimum absolute atomic E-state index is 0.730. The number of piperidine rings is 1. The van der Waals surface area contributed by atoms with E-state index >= 15 is 0 Å². The Morgan fingerprint density at radius 3 is 2.00 bits per heavy atom. The van der Waals surface area contributed by atoms with E-state index in [1.54, 1.807) is 0 Å². The molecule has 0 bridgehead atoms. The van der Waals surface area contributed by atoms with Gasteiger partial charge in [-0.25, -0.2) is 0 Å². The molecule has 2 heterocycles. The van der Waals surface area contributed by atoms with Gasteiger partial charge in [-0.15, -0.1) is 0 Å². The van der Waals surface area contributed by atoms with Gasteiger partial charge in [0.15, 0.2) is 0 Å². The fourth-order valence-electron chi connectivity index (χ4n) is 4.62. The molecule has 3 heteroatoms. The zero-order valence-electron chi connectivity index (χ0n) is 13.6. The number of hydrogen-bond donors (Lipinski definition) is 0. The molecular weight excluding hydrogens is 246 g/mol. The van der Waals surface area contributed by atoms with E-state index in [-0.39, 0.29) is 0 Å². The maximum Gasteiger partial charge on any atom is 0.0113 e. The summed E-state index contributed by atoms with van der Waals surface area (Å²) >= 11 is 0. The second-order valence-corrected chi connectivity index (χ2v) is 7.50. The van der Waals surface area contributed by atoms with Gasteiger partial charge in [0.2, 0.25) is 0 Å². The van der Waals surface area contributed by atoms with Crippen LogP contribution in [0.1, 0.15) is 45.4 Å². The Kier molecular flexibility index (Phi) is 4.68. The lowest BCUT2D eigenvalue weighted by molar-refractivity contribution is 0.0221. The smallest absolute Gasteiger partial charge is 0.0113 e. The van der Waals surface area contributed by atoms with Crippen LogP contribution in [0.25, 0.3) is 0 Å². The first kappa shape index (κ1) is 14.8. The van der Waals surface area contributed by atoms with Gasteiger partial charge in [0.05, 0.1) is 0 Å². The Labute approximate surface area is 125 Å². The molecule has 0 unspecified atom stereocenters. The highest BCUT2D eigenvalue weighted by Crippen LogP contribution is 2.45. The highest BCUT2D eigenvalue weighted by Gasteiger charge is 2.38. The van der Waals surface area contributed by atoms with Gasteiger partial charge >= 0.3 is 0 Å². The Bertz CT molecular complexity index is 291. The van der Waals surface area contributed by atoms with Crippen LogP contribution in [0.3, 0.4) is 0 Å². The zero-order chi connectivity index (χ0) is 14.0. The number of piperazine rings is 1. The minimum Gasteiger partial charge on any atom is -0.306 e. The Morgan fingerprint density at radius 1 is 0.850 bits per heavy atom. The van der Waals surface area contributed by atoms with Crippen molar-refractivity contribution in [3.05, 3.63) is 0 Å². The second kappa shape index (κ2) is 6.33. The number of hydrogen-bond acceptors (Lipinski definition) is 3. The fraction of sp³-hybridized carbons (Fsp3) is 1.00. The Balaban J connectivity index is 1.47. The molecule has 0 aromatic rings. The van der Waals surface area contributed by atoms with Gasteiger partial charge in [0.1, 0.15) is 0 Å². The first-order chi connectivity index (χ1) is 9.71. The number of likely N-dealkylation sites (N-methyl/N-ethyl adjacent to an activating group) is 1. The minimum atomic E-state index is 0.730. The number of likely N-dealkylation sites (tertiary alicyclic amines) is 1. The van der Waals surface area contributed by atoms with Crippen molar-refractivity contribution in [3.63, 3.8) is 0 Å². The van der Waals surface area contributed by atoms with Gasteiger partial charge in [-0.1, -0.05) is 6.92 Å². The second-order valence-electron chi connectivity index (χ2n) is 7.50. The lowest BCUT2D eigenvalue weighted by Gasteiger charge is -2.48. The molecule has 2 saturated heterocycles. The quantitative estimate of drug-likeness (QED) is 0.768. The molecule has 3 aliphatic rings. The standard InChI is InChI=1S/C17H33N3/c1-3-19-12-14-20(15-13-19)16-4-6-17(7-5-16)8-10-18(2)11-9-17/h16H,3-15H2,1-2H3. The number of nitrogens with zero attached hydrogens (tertiary/aromatic N) is 3. The van der Waals surface area contributed by atoms with Crippen LogP contribution in [0, 0.1) is 5.41 Å². The van der Waals surface area contributed by atoms with Crippen LogP contribution in [0.5, 0.6) is 0 Å². The summed E-state index contributed by atoms with van der Waals surface area (Å²) in [5.74, 6) is 0. The molecule has 1 saturated carbocycles. The third kappa shape index (κ3) is 3.20. The maximum atomic E-state index is 2.80. The van der Waals surface area contributed by atoms with E-state index in [1.807, 2.05) is 0 Å². The summed E-state index contributed by atoms with van der Waals surface area (Å²) < 4.78 is 0. The summed E-state index contributed by atoms with van der Waals surface area (Å²) in [5.41, 5.74) is 0.730. The Morgan fingerprint density at radius 2 is 1.45 bits per heavy atom. The predicted molar refractivity (Wildman–Crippen MR) is 85.1 cm³/mol. The molecule has 0 aromatic carbocycles. The average molecular weight is 279 g/mol. The molecule has 0 aromatic heterocycles. The summed E-state index contributed by atoms with van der Waals surface area (Å²) in [6, 6.07) is 0.902. The molecule has 0 amide bonds. The van der Waals surface area contributed by atoms with Crippen LogP contribution in [0.2, 0.25) is 0 Å². The van der Waals surface area contributed by atoms with Crippen LogP contribution in [0.4, 0.5) is 0 Å². The molecule has 1 spiro atoms. The summed E-state index contributed by atoms with van der Waals surface area (Å²) in [6.45, 7) is 11.4. The van der Waals surface area contributed by atoms with Gasteiger partial charge in [-0.05, 0) is 70.6 Å². The lowest BCUT2D eigenvalue weighted by atomic mass is 9.67. The van der Waals surface area contributed by atoms with Crippen LogP contribution < -0.4 is 0 Å². The van der Waals surface area contributed by atoms with E-state index in [2.05, 4.69) is 28.7 Å². The van der Waals surface area contributed by atoms with E-state index in [1.165, 1.54) is 84.3 Å².